The lowest BCUT2D eigenvalue weighted by Crippen LogP contribution is -2.11. The van der Waals surface area contributed by atoms with E-state index in [9.17, 15) is 0 Å². The van der Waals surface area contributed by atoms with Crippen molar-refractivity contribution in [1.29, 1.82) is 0 Å². The van der Waals surface area contributed by atoms with E-state index < -0.39 is 0 Å². The van der Waals surface area contributed by atoms with E-state index in [4.69, 9.17) is 16.6 Å². The van der Waals surface area contributed by atoms with Gasteiger partial charge in [-0.05, 0) is 41.6 Å². The summed E-state index contributed by atoms with van der Waals surface area (Å²) in [6.45, 7) is 0. The Hall–Kier alpha value is -0.150. The topological polar surface area (TPSA) is 25.8 Å². The number of aromatic nitrogens is 2. The second-order valence-corrected chi connectivity index (χ2v) is 7.75. The van der Waals surface area contributed by atoms with Gasteiger partial charge in [0.25, 0.3) is 0 Å². The molecule has 4 heteroatoms. The van der Waals surface area contributed by atoms with Crippen LogP contribution in [0.25, 0.3) is 0 Å². The van der Waals surface area contributed by atoms with Crippen molar-refractivity contribution in [3.8, 4) is 0 Å². The van der Waals surface area contributed by atoms with Crippen molar-refractivity contribution in [2.24, 2.45) is 0 Å². The van der Waals surface area contributed by atoms with Gasteiger partial charge in [0.05, 0.1) is 10.2 Å². The zero-order valence-electron chi connectivity index (χ0n) is 12.6. The lowest BCUT2D eigenvalue weighted by Gasteiger charge is -2.21. The first-order chi connectivity index (χ1) is 10.3. The van der Waals surface area contributed by atoms with Crippen LogP contribution in [0.15, 0.2) is 4.47 Å². The fraction of sp³-hybridized carbons (Fsp3) is 0.765. The molecule has 0 spiro atoms. The Morgan fingerprint density at radius 2 is 1.29 bits per heavy atom. The molecule has 0 atom stereocenters. The summed E-state index contributed by atoms with van der Waals surface area (Å²) in [5.74, 6) is 2.09. The van der Waals surface area contributed by atoms with Gasteiger partial charge in [-0.1, -0.05) is 56.5 Å². The van der Waals surface area contributed by atoms with E-state index in [2.05, 4.69) is 20.9 Å². The van der Waals surface area contributed by atoms with Gasteiger partial charge in [0.15, 0.2) is 0 Å². The van der Waals surface area contributed by atoms with Crippen LogP contribution in [0, 0.1) is 0 Å². The third-order valence-electron chi connectivity index (χ3n) is 5.07. The highest BCUT2D eigenvalue weighted by Gasteiger charge is 2.25. The van der Waals surface area contributed by atoms with Crippen LogP contribution >= 0.6 is 27.5 Å². The van der Waals surface area contributed by atoms with Crippen molar-refractivity contribution >= 4 is 27.5 Å². The van der Waals surface area contributed by atoms with Gasteiger partial charge in [0, 0.05) is 11.8 Å². The fourth-order valence-corrected chi connectivity index (χ4v) is 4.50. The van der Waals surface area contributed by atoms with Crippen molar-refractivity contribution in [1.82, 2.24) is 9.97 Å². The standard InChI is InChI=1S/C17H24BrClN2/c18-14-15(12-8-6-7-9-12)20-17(21-16(14)19)13-10-4-2-1-3-5-11-13/h12-13H,1-11H2. The molecule has 2 nitrogen and oxygen atoms in total. The molecule has 0 unspecified atom stereocenters. The molecule has 1 aromatic heterocycles. The molecule has 1 heterocycles. The summed E-state index contributed by atoms with van der Waals surface area (Å²) in [6, 6.07) is 0. The number of halogens is 2. The van der Waals surface area contributed by atoms with Gasteiger partial charge in [-0.25, -0.2) is 9.97 Å². The largest absolute Gasteiger partial charge is 0.236 e. The molecule has 0 radical (unpaired) electrons. The lowest BCUT2D eigenvalue weighted by atomic mass is 9.90. The first kappa shape index (κ1) is 15.7. The molecule has 0 N–H and O–H groups in total. The fourth-order valence-electron chi connectivity index (χ4n) is 3.82. The van der Waals surface area contributed by atoms with E-state index in [0.29, 0.717) is 17.0 Å². The minimum atomic E-state index is 0.510. The van der Waals surface area contributed by atoms with Crippen LogP contribution in [0.5, 0.6) is 0 Å². The zero-order chi connectivity index (χ0) is 14.7. The third-order valence-corrected chi connectivity index (χ3v) is 6.35. The maximum Gasteiger partial charge on any atom is 0.147 e. The Kier molecular flexibility index (Phi) is 5.55. The van der Waals surface area contributed by atoms with Crippen molar-refractivity contribution in [2.45, 2.75) is 82.5 Å². The molecule has 0 saturated heterocycles. The first-order valence-electron chi connectivity index (χ1n) is 8.48. The summed E-state index contributed by atoms with van der Waals surface area (Å²) >= 11 is 10.0. The highest BCUT2D eigenvalue weighted by atomic mass is 79.9. The van der Waals surface area contributed by atoms with E-state index in [-0.39, 0.29) is 0 Å². The maximum absolute atomic E-state index is 6.39. The van der Waals surface area contributed by atoms with Gasteiger partial charge in [-0.2, -0.15) is 0 Å². The lowest BCUT2D eigenvalue weighted by molar-refractivity contribution is 0.440. The number of hydrogen-bond donors (Lipinski definition) is 0. The highest BCUT2D eigenvalue weighted by Crippen LogP contribution is 2.40. The van der Waals surface area contributed by atoms with E-state index >= 15 is 0 Å². The molecule has 2 saturated carbocycles. The summed E-state index contributed by atoms with van der Waals surface area (Å²) in [6.07, 6.45) is 14.3. The second kappa shape index (κ2) is 7.41. The monoisotopic (exact) mass is 370 g/mol. The van der Waals surface area contributed by atoms with Gasteiger partial charge in [-0.15, -0.1) is 0 Å². The van der Waals surface area contributed by atoms with Gasteiger partial charge in [-0.3, -0.25) is 0 Å². The molecule has 1 aromatic rings. The maximum atomic E-state index is 6.39. The van der Waals surface area contributed by atoms with Crippen LogP contribution in [0.4, 0.5) is 0 Å². The molecule has 0 bridgehead atoms. The summed E-state index contributed by atoms with van der Waals surface area (Å²) < 4.78 is 0.936. The zero-order valence-corrected chi connectivity index (χ0v) is 14.9. The quantitative estimate of drug-likeness (QED) is 0.564. The molecule has 2 fully saturated rings. The Balaban J connectivity index is 1.86. The van der Waals surface area contributed by atoms with Gasteiger partial charge in [0.2, 0.25) is 0 Å². The van der Waals surface area contributed by atoms with Gasteiger partial charge in [0.1, 0.15) is 11.0 Å². The Bertz CT molecular complexity index is 478. The summed E-state index contributed by atoms with van der Waals surface area (Å²) in [7, 11) is 0. The van der Waals surface area contributed by atoms with Crippen molar-refractivity contribution in [2.75, 3.05) is 0 Å². The third kappa shape index (κ3) is 3.79. The van der Waals surface area contributed by atoms with Crippen molar-refractivity contribution in [3.63, 3.8) is 0 Å². The van der Waals surface area contributed by atoms with Crippen molar-refractivity contribution in [3.05, 3.63) is 21.1 Å². The molecule has 0 aliphatic heterocycles. The molecule has 21 heavy (non-hydrogen) atoms. The van der Waals surface area contributed by atoms with E-state index in [1.807, 2.05) is 0 Å². The Labute approximate surface area is 141 Å². The average molecular weight is 372 g/mol. The van der Waals surface area contributed by atoms with Crippen LogP contribution in [0.1, 0.15) is 94.0 Å². The molecule has 2 aliphatic carbocycles. The predicted molar refractivity (Wildman–Crippen MR) is 91.0 cm³/mol. The average Bonchev–Trinajstić information content (AvgIpc) is 2.95. The van der Waals surface area contributed by atoms with Gasteiger partial charge >= 0.3 is 0 Å². The van der Waals surface area contributed by atoms with E-state index in [1.54, 1.807) is 0 Å². The summed E-state index contributed by atoms with van der Waals surface area (Å²) in [5.41, 5.74) is 1.17. The Morgan fingerprint density at radius 1 is 0.762 bits per heavy atom. The Morgan fingerprint density at radius 3 is 1.95 bits per heavy atom. The first-order valence-corrected chi connectivity index (χ1v) is 9.65. The molecule has 0 amide bonds. The van der Waals surface area contributed by atoms with Crippen LogP contribution in [-0.4, -0.2) is 9.97 Å². The highest BCUT2D eigenvalue weighted by molar-refractivity contribution is 9.10. The molecule has 2 aliphatic rings. The molecular weight excluding hydrogens is 348 g/mol. The summed E-state index contributed by atoms with van der Waals surface area (Å²) in [4.78, 5) is 9.58. The van der Waals surface area contributed by atoms with Crippen LogP contribution in [0.3, 0.4) is 0 Å². The second-order valence-electron chi connectivity index (χ2n) is 6.60. The normalized spacial score (nSPS) is 22.2. The molecular formula is C17H24BrClN2. The SMILES string of the molecule is Clc1nc(C2CCCCCCC2)nc(C2CCCC2)c1Br. The smallest absolute Gasteiger partial charge is 0.147 e. The van der Waals surface area contributed by atoms with Crippen LogP contribution < -0.4 is 0 Å². The predicted octanol–water partition coefficient (Wildman–Crippen LogP) is 6.38. The molecule has 116 valence electrons. The number of nitrogens with zero attached hydrogens (tertiary/aromatic N) is 2. The van der Waals surface area contributed by atoms with E-state index in [1.165, 1.54) is 76.3 Å². The van der Waals surface area contributed by atoms with Crippen LogP contribution in [-0.2, 0) is 0 Å². The van der Waals surface area contributed by atoms with Crippen molar-refractivity contribution < 1.29 is 0 Å². The summed E-state index contributed by atoms with van der Waals surface area (Å²) in [5, 5.41) is 0.615. The van der Waals surface area contributed by atoms with E-state index in [0.717, 1.165) is 10.3 Å². The van der Waals surface area contributed by atoms with Crippen LogP contribution in [0.2, 0.25) is 5.15 Å². The van der Waals surface area contributed by atoms with Gasteiger partial charge < -0.3 is 0 Å². The minimum absolute atomic E-state index is 0.510. The molecule has 0 aromatic carbocycles. The molecule has 3 rings (SSSR count). The number of hydrogen-bond acceptors (Lipinski definition) is 2. The minimum Gasteiger partial charge on any atom is -0.236 e. The number of rotatable bonds is 2.